The van der Waals surface area contributed by atoms with E-state index >= 15 is 0 Å². The number of nitrogens with zero attached hydrogens (tertiary/aromatic N) is 2. The third-order valence-electron chi connectivity index (χ3n) is 3.25. The van der Waals surface area contributed by atoms with Crippen molar-refractivity contribution in [3.8, 4) is 17.2 Å². The second-order valence-electron chi connectivity index (χ2n) is 4.45. The van der Waals surface area contributed by atoms with Gasteiger partial charge in [-0.05, 0) is 24.3 Å². The summed E-state index contributed by atoms with van der Waals surface area (Å²) in [5.74, 6) is -0.826. The van der Waals surface area contributed by atoms with E-state index in [4.69, 9.17) is 9.84 Å². The average molecular weight is 284 g/mol. The predicted molar refractivity (Wildman–Crippen MR) is 76.2 cm³/mol. The number of hydrogen-bond acceptors (Lipinski definition) is 4. The van der Waals surface area contributed by atoms with Crippen LogP contribution in [0.2, 0.25) is 0 Å². The first-order valence-corrected chi connectivity index (χ1v) is 6.18. The summed E-state index contributed by atoms with van der Waals surface area (Å²) >= 11 is 0. The van der Waals surface area contributed by atoms with Crippen LogP contribution in [0.15, 0.2) is 42.7 Å². The normalized spacial score (nSPS) is 10.7. The lowest BCUT2D eigenvalue weighted by Gasteiger charge is -2.07. The van der Waals surface area contributed by atoms with Crippen molar-refractivity contribution in [2.24, 2.45) is 0 Å². The molecule has 0 aliphatic carbocycles. The van der Waals surface area contributed by atoms with Crippen LogP contribution in [0.1, 0.15) is 10.4 Å². The smallest absolute Gasteiger partial charge is 0.339 e. The van der Waals surface area contributed by atoms with Crippen LogP contribution in [0.4, 0.5) is 0 Å². The largest absolute Gasteiger partial charge is 0.505 e. The van der Waals surface area contributed by atoms with Crippen molar-refractivity contribution >= 4 is 17.0 Å². The van der Waals surface area contributed by atoms with Crippen LogP contribution < -0.4 is 4.74 Å². The van der Waals surface area contributed by atoms with Crippen LogP contribution in [0.3, 0.4) is 0 Å². The second kappa shape index (κ2) is 4.82. The first-order valence-electron chi connectivity index (χ1n) is 6.18. The van der Waals surface area contributed by atoms with Gasteiger partial charge in [0.25, 0.3) is 0 Å². The Balaban J connectivity index is 2.21. The van der Waals surface area contributed by atoms with E-state index in [1.165, 1.54) is 12.4 Å². The molecule has 1 heterocycles. The molecule has 0 fully saturated rings. The van der Waals surface area contributed by atoms with Crippen molar-refractivity contribution in [2.75, 3.05) is 7.11 Å². The lowest BCUT2D eigenvalue weighted by molar-refractivity contribution is 0.0694. The number of hydrogen-bond donors (Lipinski definition) is 2. The fourth-order valence-electron chi connectivity index (χ4n) is 2.21. The molecule has 3 rings (SSSR count). The molecule has 1 aromatic heterocycles. The monoisotopic (exact) mass is 284 g/mol. The SMILES string of the molecule is COc1cccc(-n2cnc3c(O)c(C(=O)O)ccc32)c1. The Kier molecular flexibility index (Phi) is 2.98. The van der Waals surface area contributed by atoms with Crippen molar-refractivity contribution < 1.29 is 19.7 Å². The van der Waals surface area contributed by atoms with Crippen LogP contribution in [0.5, 0.6) is 11.5 Å². The molecule has 0 radical (unpaired) electrons. The number of aromatic hydroxyl groups is 1. The molecule has 0 aliphatic heterocycles. The topological polar surface area (TPSA) is 84.6 Å². The van der Waals surface area contributed by atoms with Gasteiger partial charge in [0.05, 0.1) is 18.3 Å². The standard InChI is InChI=1S/C15H12N2O4/c1-21-10-4-2-3-9(7-10)17-8-16-13-12(17)6-5-11(14(13)18)15(19)20/h2-8,18H,1H3,(H,19,20). The number of rotatable bonds is 3. The number of methoxy groups -OCH3 is 1. The molecule has 6 nitrogen and oxygen atoms in total. The zero-order chi connectivity index (χ0) is 15.0. The molecule has 0 saturated carbocycles. The van der Waals surface area contributed by atoms with Crippen molar-refractivity contribution in [3.63, 3.8) is 0 Å². The van der Waals surface area contributed by atoms with Crippen LogP contribution in [-0.4, -0.2) is 32.8 Å². The third kappa shape index (κ3) is 2.06. The highest BCUT2D eigenvalue weighted by molar-refractivity contribution is 5.98. The molecular weight excluding hydrogens is 272 g/mol. The number of aromatic carboxylic acids is 1. The molecule has 6 heteroatoms. The number of fused-ring (bicyclic) bond motifs is 1. The van der Waals surface area contributed by atoms with Gasteiger partial charge in [0.15, 0.2) is 5.75 Å². The molecule has 0 atom stereocenters. The quantitative estimate of drug-likeness (QED) is 0.771. The Morgan fingerprint density at radius 3 is 2.81 bits per heavy atom. The van der Waals surface area contributed by atoms with Gasteiger partial charge in [0.1, 0.15) is 23.2 Å². The summed E-state index contributed by atoms with van der Waals surface area (Å²) in [6.45, 7) is 0. The molecule has 0 aliphatic rings. The molecule has 21 heavy (non-hydrogen) atoms. The summed E-state index contributed by atoms with van der Waals surface area (Å²) in [4.78, 5) is 15.1. The maximum absolute atomic E-state index is 11.0. The summed E-state index contributed by atoms with van der Waals surface area (Å²) in [6.07, 6.45) is 1.53. The zero-order valence-electron chi connectivity index (χ0n) is 11.1. The lowest BCUT2D eigenvalue weighted by atomic mass is 10.1. The number of imidazole rings is 1. The van der Waals surface area contributed by atoms with Crippen LogP contribution in [0.25, 0.3) is 16.7 Å². The van der Waals surface area contributed by atoms with Gasteiger partial charge in [0, 0.05) is 6.07 Å². The van der Waals surface area contributed by atoms with Gasteiger partial charge in [-0.1, -0.05) is 6.07 Å². The van der Waals surface area contributed by atoms with Gasteiger partial charge < -0.3 is 14.9 Å². The molecule has 3 aromatic rings. The van der Waals surface area contributed by atoms with Crippen molar-refractivity contribution in [3.05, 3.63) is 48.3 Å². The number of aromatic nitrogens is 2. The summed E-state index contributed by atoms with van der Waals surface area (Å²) in [5, 5.41) is 19.0. The summed E-state index contributed by atoms with van der Waals surface area (Å²) in [5.41, 5.74) is 1.50. The average Bonchev–Trinajstić information content (AvgIpc) is 2.92. The van der Waals surface area contributed by atoms with E-state index in [0.717, 1.165) is 5.69 Å². The summed E-state index contributed by atoms with van der Waals surface area (Å²) in [6, 6.07) is 10.3. The summed E-state index contributed by atoms with van der Waals surface area (Å²) < 4.78 is 6.93. The van der Waals surface area contributed by atoms with E-state index in [2.05, 4.69) is 4.98 Å². The van der Waals surface area contributed by atoms with Gasteiger partial charge >= 0.3 is 5.97 Å². The number of benzene rings is 2. The minimum atomic E-state index is -1.19. The molecule has 0 unspecified atom stereocenters. The van der Waals surface area contributed by atoms with Crippen LogP contribution >= 0.6 is 0 Å². The molecule has 2 N–H and O–H groups in total. The van der Waals surface area contributed by atoms with Crippen molar-refractivity contribution in [1.29, 1.82) is 0 Å². The van der Waals surface area contributed by atoms with Gasteiger partial charge in [-0.3, -0.25) is 4.57 Å². The molecule has 0 bridgehead atoms. The van der Waals surface area contributed by atoms with E-state index in [9.17, 15) is 9.90 Å². The maximum atomic E-state index is 11.0. The first-order chi connectivity index (χ1) is 10.1. The number of carboxylic acid groups (broad SMARTS) is 1. The third-order valence-corrected chi connectivity index (χ3v) is 3.25. The molecule has 0 spiro atoms. The molecule has 0 amide bonds. The maximum Gasteiger partial charge on any atom is 0.339 e. The number of carbonyl (C=O) groups is 1. The van der Waals surface area contributed by atoms with Crippen LogP contribution in [-0.2, 0) is 0 Å². The highest BCUT2D eigenvalue weighted by Gasteiger charge is 2.16. The Labute approximate surface area is 119 Å². The Morgan fingerprint density at radius 2 is 2.10 bits per heavy atom. The number of phenols is 1. The van der Waals surface area contributed by atoms with E-state index in [0.29, 0.717) is 11.3 Å². The number of carboxylic acids is 1. The Morgan fingerprint density at radius 1 is 1.29 bits per heavy atom. The lowest BCUT2D eigenvalue weighted by Crippen LogP contribution is -1.98. The van der Waals surface area contributed by atoms with E-state index in [1.807, 2.05) is 24.3 Å². The van der Waals surface area contributed by atoms with Gasteiger partial charge in [-0.25, -0.2) is 9.78 Å². The number of ether oxygens (including phenoxy) is 1. The summed E-state index contributed by atoms with van der Waals surface area (Å²) in [7, 11) is 1.58. The highest BCUT2D eigenvalue weighted by atomic mass is 16.5. The van der Waals surface area contributed by atoms with Crippen molar-refractivity contribution in [1.82, 2.24) is 9.55 Å². The Bertz CT molecular complexity index is 839. The molecular formula is C15H12N2O4. The first kappa shape index (κ1) is 13.0. The van der Waals surface area contributed by atoms with E-state index in [1.54, 1.807) is 17.7 Å². The highest BCUT2D eigenvalue weighted by Crippen LogP contribution is 2.29. The minimum absolute atomic E-state index is 0.168. The fraction of sp³-hybridized carbons (Fsp3) is 0.0667. The van der Waals surface area contributed by atoms with Crippen LogP contribution in [0, 0.1) is 0 Å². The predicted octanol–water partition coefficient (Wildman–Crippen LogP) is 2.44. The Hall–Kier alpha value is -3.02. The van der Waals surface area contributed by atoms with E-state index < -0.39 is 5.97 Å². The molecule has 106 valence electrons. The van der Waals surface area contributed by atoms with Gasteiger partial charge in [-0.2, -0.15) is 0 Å². The molecule has 0 saturated heterocycles. The van der Waals surface area contributed by atoms with Crippen molar-refractivity contribution in [2.45, 2.75) is 0 Å². The molecule has 2 aromatic carbocycles. The van der Waals surface area contributed by atoms with E-state index in [-0.39, 0.29) is 16.8 Å². The minimum Gasteiger partial charge on any atom is -0.505 e. The van der Waals surface area contributed by atoms with Gasteiger partial charge in [0.2, 0.25) is 0 Å². The zero-order valence-corrected chi connectivity index (χ0v) is 11.1. The second-order valence-corrected chi connectivity index (χ2v) is 4.45. The fourth-order valence-corrected chi connectivity index (χ4v) is 2.21. The van der Waals surface area contributed by atoms with Gasteiger partial charge in [-0.15, -0.1) is 0 Å².